The summed E-state index contributed by atoms with van der Waals surface area (Å²) in [5.41, 5.74) is 0. The Kier molecular flexibility index (Phi) is 5.51. The van der Waals surface area contributed by atoms with Gasteiger partial charge in [0, 0.05) is 19.7 Å². The molecule has 4 nitrogen and oxygen atoms in total. The summed E-state index contributed by atoms with van der Waals surface area (Å²) in [4.78, 5) is 0. The van der Waals surface area contributed by atoms with Crippen molar-refractivity contribution in [2.75, 3.05) is 26.0 Å². The molecule has 0 atom stereocenters. The maximum atomic E-state index is 11.5. The summed E-state index contributed by atoms with van der Waals surface area (Å²) in [7, 11) is -1.51. The highest BCUT2D eigenvalue weighted by Gasteiger charge is 2.22. The van der Waals surface area contributed by atoms with E-state index in [4.69, 9.17) is 4.74 Å². The lowest BCUT2D eigenvalue weighted by Gasteiger charge is -2.24. The van der Waals surface area contributed by atoms with Crippen molar-refractivity contribution in [2.45, 2.75) is 26.8 Å². The van der Waals surface area contributed by atoms with Crippen molar-refractivity contribution in [1.29, 1.82) is 0 Å². The molecule has 0 fully saturated rings. The summed E-state index contributed by atoms with van der Waals surface area (Å²) in [5, 5.41) is 0. The Morgan fingerprint density at radius 3 is 2.23 bits per heavy atom. The van der Waals surface area contributed by atoms with Crippen molar-refractivity contribution in [3.05, 3.63) is 0 Å². The van der Waals surface area contributed by atoms with Crippen molar-refractivity contribution in [3.63, 3.8) is 0 Å². The van der Waals surface area contributed by atoms with Crippen LogP contribution in [0.3, 0.4) is 0 Å². The first-order chi connectivity index (χ1) is 5.95. The summed E-state index contributed by atoms with van der Waals surface area (Å²) in [6, 6.07) is 0.0000926. The van der Waals surface area contributed by atoms with Crippen LogP contribution in [0.5, 0.6) is 0 Å². The summed E-state index contributed by atoms with van der Waals surface area (Å²) in [5.74, 6) is 0.148. The highest BCUT2D eigenvalue weighted by molar-refractivity contribution is 7.89. The molecule has 0 bridgehead atoms. The highest BCUT2D eigenvalue weighted by atomic mass is 32.2. The fourth-order valence-electron chi connectivity index (χ4n) is 1.07. The van der Waals surface area contributed by atoms with E-state index in [1.807, 2.05) is 13.8 Å². The summed E-state index contributed by atoms with van der Waals surface area (Å²) >= 11 is 0. The van der Waals surface area contributed by atoms with Gasteiger partial charge in [-0.25, -0.2) is 8.42 Å². The van der Waals surface area contributed by atoms with Crippen molar-refractivity contribution in [3.8, 4) is 0 Å². The van der Waals surface area contributed by atoms with E-state index in [0.717, 1.165) is 0 Å². The largest absolute Gasteiger partial charge is 0.383 e. The van der Waals surface area contributed by atoms with E-state index in [-0.39, 0.29) is 11.8 Å². The Hall–Kier alpha value is -0.130. The molecule has 0 aromatic rings. The quantitative estimate of drug-likeness (QED) is 0.646. The average Bonchev–Trinajstić information content (AvgIpc) is 2.04. The van der Waals surface area contributed by atoms with Gasteiger partial charge in [-0.15, -0.1) is 0 Å². The molecule has 0 amide bonds. The molecule has 0 radical (unpaired) electrons. The molecule has 0 aromatic carbocycles. The monoisotopic (exact) mass is 209 g/mol. The molecule has 0 aromatic heterocycles. The second kappa shape index (κ2) is 5.57. The molecule has 0 heterocycles. The summed E-state index contributed by atoms with van der Waals surface area (Å²) in [6.07, 6.45) is 0. The first-order valence-electron chi connectivity index (χ1n) is 4.44. The molecule has 0 rings (SSSR count). The zero-order chi connectivity index (χ0) is 10.5. The highest BCUT2D eigenvalue weighted by Crippen LogP contribution is 2.06. The minimum absolute atomic E-state index is 0.0000926. The maximum Gasteiger partial charge on any atom is 0.214 e. The van der Waals surface area contributed by atoms with Crippen molar-refractivity contribution < 1.29 is 13.2 Å². The van der Waals surface area contributed by atoms with Gasteiger partial charge in [0.05, 0.1) is 12.4 Å². The topological polar surface area (TPSA) is 46.6 Å². The predicted molar refractivity (Wildman–Crippen MR) is 53.2 cm³/mol. The van der Waals surface area contributed by atoms with Crippen LogP contribution in [0, 0.1) is 0 Å². The van der Waals surface area contributed by atoms with Crippen LogP contribution < -0.4 is 0 Å². The zero-order valence-corrected chi connectivity index (χ0v) is 9.60. The van der Waals surface area contributed by atoms with Gasteiger partial charge in [0.25, 0.3) is 0 Å². The van der Waals surface area contributed by atoms with Gasteiger partial charge in [0.15, 0.2) is 0 Å². The lowest BCUT2D eigenvalue weighted by molar-refractivity contribution is 0.171. The van der Waals surface area contributed by atoms with Crippen molar-refractivity contribution >= 4 is 10.0 Å². The summed E-state index contributed by atoms with van der Waals surface area (Å²) in [6.45, 7) is 6.25. The first-order valence-corrected chi connectivity index (χ1v) is 6.05. The van der Waals surface area contributed by atoms with E-state index in [1.165, 1.54) is 4.31 Å². The fraction of sp³-hybridized carbons (Fsp3) is 1.00. The fourth-order valence-corrected chi connectivity index (χ4v) is 2.39. The predicted octanol–water partition coefficient (Wildman–Crippen LogP) is 0.693. The molecule has 0 aliphatic rings. The number of rotatable bonds is 6. The molecule has 0 spiro atoms. The van der Waals surface area contributed by atoms with E-state index in [9.17, 15) is 8.42 Å². The van der Waals surface area contributed by atoms with Gasteiger partial charge in [0.1, 0.15) is 0 Å². The van der Waals surface area contributed by atoms with E-state index in [1.54, 1.807) is 14.0 Å². The molecule has 0 aliphatic carbocycles. The number of hydrogen-bond acceptors (Lipinski definition) is 3. The number of methoxy groups -OCH3 is 1. The zero-order valence-electron chi connectivity index (χ0n) is 8.78. The molecular formula is C8H19NO3S. The lowest BCUT2D eigenvalue weighted by atomic mass is 10.4. The molecule has 13 heavy (non-hydrogen) atoms. The molecule has 0 saturated carbocycles. The molecule has 0 aliphatic heterocycles. The van der Waals surface area contributed by atoms with Gasteiger partial charge in [0.2, 0.25) is 10.0 Å². The van der Waals surface area contributed by atoms with Crippen LogP contribution in [-0.2, 0) is 14.8 Å². The minimum atomic E-state index is -3.08. The average molecular weight is 209 g/mol. The van der Waals surface area contributed by atoms with E-state index >= 15 is 0 Å². The molecule has 0 unspecified atom stereocenters. The second-order valence-corrected chi connectivity index (χ2v) is 5.31. The Balaban J connectivity index is 4.43. The van der Waals surface area contributed by atoms with Crippen LogP contribution in [0.2, 0.25) is 0 Å². The first kappa shape index (κ1) is 12.9. The summed E-state index contributed by atoms with van der Waals surface area (Å²) < 4.78 is 29.4. The third-order valence-corrected chi connectivity index (χ3v) is 3.86. The SMILES string of the molecule is CCS(=O)(=O)N(CCOC)C(C)C. The van der Waals surface area contributed by atoms with Crippen molar-refractivity contribution in [1.82, 2.24) is 4.31 Å². The smallest absolute Gasteiger partial charge is 0.214 e. The Morgan fingerprint density at radius 2 is 1.92 bits per heavy atom. The molecule has 0 N–H and O–H groups in total. The third-order valence-electron chi connectivity index (χ3n) is 1.81. The number of nitrogens with zero attached hydrogens (tertiary/aromatic N) is 1. The number of sulfonamides is 1. The van der Waals surface area contributed by atoms with E-state index in [2.05, 4.69) is 0 Å². The maximum absolute atomic E-state index is 11.5. The molecular weight excluding hydrogens is 190 g/mol. The van der Waals surface area contributed by atoms with Crippen LogP contribution in [0.25, 0.3) is 0 Å². The third kappa shape index (κ3) is 4.06. The van der Waals surface area contributed by atoms with Gasteiger partial charge < -0.3 is 4.74 Å². The second-order valence-electron chi connectivity index (χ2n) is 3.10. The molecule has 80 valence electrons. The van der Waals surface area contributed by atoms with Gasteiger partial charge in [-0.3, -0.25) is 0 Å². The lowest BCUT2D eigenvalue weighted by Crippen LogP contribution is -2.40. The Labute approximate surface area is 80.9 Å². The standard InChI is InChI=1S/C8H19NO3S/c1-5-13(10,11)9(8(2)3)6-7-12-4/h8H,5-7H2,1-4H3. The van der Waals surface area contributed by atoms with Crippen molar-refractivity contribution in [2.24, 2.45) is 0 Å². The van der Waals surface area contributed by atoms with E-state index in [0.29, 0.717) is 13.2 Å². The number of ether oxygens (including phenoxy) is 1. The number of hydrogen-bond donors (Lipinski definition) is 0. The van der Waals surface area contributed by atoms with Gasteiger partial charge in [-0.05, 0) is 20.8 Å². The van der Waals surface area contributed by atoms with Crippen LogP contribution in [0.4, 0.5) is 0 Å². The normalized spacial score (nSPS) is 12.8. The van der Waals surface area contributed by atoms with Gasteiger partial charge in [-0.1, -0.05) is 0 Å². The minimum Gasteiger partial charge on any atom is -0.383 e. The van der Waals surface area contributed by atoms with Gasteiger partial charge in [-0.2, -0.15) is 4.31 Å². The van der Waals surface area contributed by atoms with Gasteiger partial charge >= 0.3 is 0 Å². The van der Waals surface area contributed by atoms with Crippen LogP contribution >= 0.6 is 0 Å². The molecule has 0 saturated heterocycles. The van der Waals surface area contributed by atoms with E-state index < -0.39 is 10.0 Å². The van der Waals surface area contributed by atoms with Crippen LogP contribution in [0.15, 0.2) is 0 Å². The molecule has 5 heteroatoms. The Morgan fingerprint density at radius 1 is 1.38 bits per heavy atom. The Bertz CT molecular complexity index is 224. The van der Waals surface area contributed by atoms with Crippen LogP contribution in [0.1, 0.15) is 20.8 Å². The van der Waals surface area contributed by atoms with Crippen LogP contribution in [-0.4, -0.2) is 44.8 Å².